The Labute approximate surface area is 104 Å². The Morgan fingerprint density at radius 3 is 2.43 bits per heavy atom. The van der Waals surface area contributed by atoms with Crippen LogP contribution in [0.3, 0.4) is 0 Å². The van der Waals surface area contributed by atoms with E-state index >= 15 is 0 Å². The summed E-state index contributed by atoms with van der Waals surface area (Å²) in [6.45, 7) is 1.08. The van der Waals surface area contributed by atoms with E-state index in [0.717, 1.165) is 6.92 Å². The smallest absolute Gasteiger partial charge is 0.300 e. The van der Waals surface area contributed by atoms with E-state index in [4.69, 9.17) is 9.90 Å². The number of benzene rings is 1. The molecule has 1 heterocycles. The fourth-order valence-electron chi connectivity index (χ4n) is 0.995. The number of aromatic amines is 1. The molecule has 2 aromatic rings. The standard InChI is InChI=1S/C8H7N.C2H4O2.Na/c1-2-4-8-7(3-1)5-6-9-8;1-2(3)4;/h1-6,9H;1H3,(H,3,4);. The van der Waals surface area contributed by atoms with Crippen molar-refractivity contribution in [2.24, 2.45) is 0 Å². The molecule has 0 bridgehead atoms. The molecular weight excluding hydrogens is 189 g/mol. The van der Waals surface area contributed by atoms with Crippen molar-refractivity contribution in [2.75, 3.05) is 0 Å². The van der Waals surface area contributed by atoms with Gasteiger partial charge in [-0.05, 0) is 17.5 Å². The number of aromatic nitrogens is 1. The number of aliphatic carboxylic acids is 1. The van der Waals surface area contributed by atoms with Crippen LogP contribution in [0.5, 0.6) is 0 Å². The van der Waals surface area contributed by atoms with Gasteiger partial charge in [0, 0.05) is 48.2 Å². The number of para-hydroxylation sites is 1. The first kappa shape index (κ1) is 13.2. The van der Waals surface area contributed by atoms with E-state index in [1.54, 1.807) is 0 Å². The molecule has 1 radical (unpaired) electrons. The Bertz CT molecular complexity index is 363. The molecule has 0 fully saturated rings. The van der Waals surface area contributed by atoms with Gasteiger partial charge in [-0.1, -0.05) is 18.2 Å². The molecule has 1 aromatic heterocycles. The van der Waals surface area contributed by atoms with Crippen molar-refractivity contribution in [3.63, 3.8) is 0 Å². The van der Waals surface area contributed by atoms with Crippen LogP contribution in [0.15, 0.2) is 36.5 Å². The Kier molecular flexibility index (Phi) is 6.28. The summed E-state index contributed by atoms with van der Waals surface area (Å²) >= 11 is 0. The van der Waals surface area contributed by atoms with Gasteiger partial charge in [0.2, 0.25) is 0 Å². The van der Waals surface area contributed by atoms with Crippen LogP contribution in [0, 0.1) is 0 Å². The van der Waals surface area contributed by atoms with Crippen molar-refractivity contribution in [3.05, 3.63) is 36.5 Å². The molecule has 4 heteroatoms. The number of rotatable bonds is 0. The van der Waals surface area contributed by atoms with E-state index in [1.807, 2.05) is 18.3 Å². The average Bonchev–Trinajstić information content (AvgIpc) is 2.49. The van der Waals surface area contributed by atoms with E-state index in [9.17, 15) is 0 Å². The predicted molar refractivity (Wildman–Crippen MR) is 57.4 cm³/mol. The summed E-state index contributed by atoms with van der Waals surface area (Å²) in [6, 6.07) is 10.3. The molecule has 0 aliphatic heterocycles. The molecule has 14 heavy (non-hydrogen) atoms. The van der Waals surface area contributed by atoms with Gasteiger partial charge in [-0.3, -0.25) is 4.79 Å². The summed E-state index contributed by atoms with van der Waals surface area (Å²) in [5, 5.41) is 8.69. The second-order valence-electron chi connectivity index (χ2n) is 2.58. The summed E-state index contributed by atoms with van der Waals surface area (Å²) < 4.78 is 0. The Hall–Kier alpha value is -0.770. The molecule has 0 aliphatic carbocycles. The molecule has 2 rings (SSSR count). The van der Waals surface area contributed by atoms with Crippen LogP contribution in [0.1, 0.15) is 6.92 Å². The first-order chi connectivity index (χ1) is 6.20. The zero-order chi connectivity index (χ0) is 9.68. The second-order valence-corrected chi connectivity index (χ2v) is 2.58. The van der Waals surface area contributed by atoms with Gasteiger partial charge in [-0.15, -0.1) is 0 Å². The van der Waals surface area contributed by atoms with Crippen molar-refractivity contribution in [2.45, 2.75) is 6.92 Å². The van der Waals surface area contributed by atoms with Gasteiger partial charge in [0.05, 0.1) is 0 Å². The van der Waals surface area contributed by atoms with E-state index in [-0.39, 0.29) is 29.6 Å². The third-order valence-electron chi connectivity index (χ3n) is 1.46. The molecule has 69 valence electrons. The van der Waals surface area contributed by atoms with Gasteiger partial charge in [-0.25, -0.2) is 0 Å². The topological polar surface area (TPSA) is 53.1 Å². The fraction of sp³-hybridized carbons (Fsp3) is 0.100. The van der Waals surface area contributed by atoms with Gasteiger partial charge in [0.25, 0.3) is 5.97 Å². The minimum absolute atomic E-state index is 0. The number of nitrogens with one attached hydrogen (secondary N) is 1. The molecule has 1 aromatic carbocycles. The Balaban J connectivity index is 0.000000299. The van der Waals surface area contributed by atoms with Crippen LogP contribution in [-0.2, 0) is 4.79 Å². The summed E-state index contributed by atoms with van der Waals surface area (Å²) in [7, 11) is 0. The number of hydrogen-bond donors (Lipinski definition) is 2. The summed E-state index contributed by atoms with van der Waals surface area (Å²) in [5.41, 5.74) is 1.21. The SMILES string of the molecule is CC(=O)O.[Na].c1ccc2[nH]ccc2c1. The number of H-pyrrole nitrogens is 1. The molecule has 0 saturated heterocycles. The van der Waals surface area contributed by atoms with Gasteiger partial charge in [-0.2, -0.15) is 0 Å². The number of carboxylic acid groups (broad SMARTS) is 1. The maximum atomic E-state index is 9.00. The normalized spacial score (nSPS) is 8.36. The second kappa shape index (κ2) is 6.65. The van der Waals surface area contributed by atoms with Gasteiger partial charge >= 0.3 is 0 Å². The average molecular weight is 200 g/mol. The van der Waals surface area contributed by atoms with E-state index < -0.39 is 5.97 Å². The molecule has 0 saturated carbocycles. The monoisotopic (exact) mass is 200 g/mol. The largest absolute Gasteiger partial charge is 0.481 e. The summed E-state index contributed by atoms with van der Waals surface area (Å²) in [5.74, 6) is -0.833. The number of hydrogen-bond acceptors (Lipinski definition) is 1. The van der Waals surface area contributed by atoms with E-state index in [1.165, 1.54) is 10.9 Å². The molecule has 3 nitrogen and oxygen atoms in total. The van der Waals surface area contributed by atoms with Gasteiger partial charge in [0.15, 0.2) is 0 Å². The zero-order valence-corrected chi connectivity index (χ0v) is 10.3. The van der Waals surface area contributed by atoms with Crippen LogP contribution in [-0.4, -0.2) is 45.6 Å². The first-order valence-corrected chi connectivity index (χ1v) is 3.92. The Morgan fingerprint density at radius 2 is 1.86 bits per heavy atom. The van der Waals surface area contributed by atoms with Crippen LogP contribution in [0.25, 0.3) is 10.9 Å². The minimum atomic E-state index is -0.833. The molecule has 2 N–H and O–H groups in total. The molecule has 0 atom stereocenters. The molecule has 0 spiro atoms. The third kappa shape index (κ3) is 4.46. The van der Waals surface area contributed by atoms with Crippen molar-refractivity contribution in [1.82, 2.24) is 4.98 Å². The van der Waals surface area contributed by atoms with Crippen molar-refractivity contribution >= 4 is 46.4 Å². The van der Waals surface area contributed by atoms with Crippen LogP contribution >= 0.6 is 0 Å². The van der Waals surface area contributed by atoms with Crippen LogP contribution in [0.4, 0.5) is 0 Å². The Morgan fingerprint density at radius 1 is 1.29 bits per heavy atom. The predicted octanol–water partition coefficient (Wildman–Crippen LogP) is 1.88. The fourth-order valence-corrected chi connectivity index (χ4v) is 0.995. The summed E-state index contributed by atoms with van der Waals surface area (Å²) in [6.07, 6.45) is 1.95. The molecular formula is C10H11NNaO2. The zero-order valence-electron chi connectivity index (χ0n) is 8.32. The van der Waals surface area contributed by atoms with E-state index in [0.29, 0.717) is 0 Å². The van der Waals surface area contributed by atoms with Crippen LogP contribution in [0.2, 0.25) is 0 Å². The summed E-state index contributed by atoms with van der Waals surface area (Å²) in [4.78, 5) is 12.1. The first-order valence-electron chi connectivity index (χ1n) is 3.92. The number of carboxylic acids is 1. The van der Waals surface area contributed by atoms with Crippen molar-refractivity contribution in [3.8, 4) is 0 Å². The van der Waals surface area contributed by atoms with Crippen LogP contribution < -0.4 is 0 Å². The third-order valence-corrected chi connectivity index (χ3v) is 1.46. The molecule has 0 amide bonds. The van der Waals surface area contributed by atoms with Gasteiger partial charge < -0.3 is 10.1 Å². The minimum Gasteiger partial charge on any atom is -0.481 e. The molecule has 0 aliphatic rings. The maximum Gasteiger partial charge on any atom is 0.300 e. The quantitative estimate of drug-likeness (QED) is 0.638. The molecule has 0 unspecified atom stereocenters. The van der Waals surface area contributed by atoms with E-state index in [2.05, 4.69) is 23.2 Å². The van der Waals surface area contributed by atoms with Gasteiger partial charge in [0.1, 0.15) is 0 Å². The van der Waals surface area contributed by atoms with Crippen molar-refractivity contribution < 1.29 is 9.90 Å². The maximum absolute atomic E-state index is 9.00. The number of carbonyl (C=O) groups is 1. The number of fused-ring (bicyclic) bond motifs is 1. The van der Waals surface area contributed by atoms with Crippen molar-refractivity contribution in [1.29, 1.82) is 0 Å².